The van der Waals surface area contributed by atoms with E-state index in [9.17, 15) is 8.78 Å². The van der Waals surface area contributed by atoms with Crippen LogP contribution < -0.4 is 5.32 Å². The average molecular weight is 312 g/mol. The van der Waals surface area contributed by atoms with Crippen LogP contribution in [0.25, 0.3) is 0 Å². The molecule has 0 amide bonds. The van der Waals surface area contributed by atoms with Crippen molar-refractivity contribution in [3.63, 3.8) is 0 Å². The Bertz CT molecular complexity index is 648. The molecule has 1 N–H and O–H groups in total. The largest absolute Gasteiger partial charge is 0.376 e. The molecule has 0 saturated heterocycles. The number of halogens is 3. The van der Waals surface area contributed by atoms with Crippen LogP contribution in [0.15, 0.2) is 41.3 Å². The maximum absolute atomic E-state index is 13.8. The molecule has 1 unspecified atom stereocenters. The number of nitrogens with one attached hydrogen (secondary N) is 1. The summed E-state index contributed by atoms with van der Waals surface area (Å²) in [5, 5.41) is 3.51. The molecule has 0 bridgehead atoms. The quantitative estimate of drug-likeness (QED) is 0.811. The fourth-order valence-corrected chi connectivity index (χ4v) is 3.63. The van der Waals surface area contributed by atoms with Crippen LogP contribution in [0.2, 0.25) is 5.02 Å². The van der Waals surface area contributed by atoms with Crippen LogP contribution in [-0.4, -0.2) is 5.75 Å². The molecule has 0 aromatic heterocycles. The first-order valence-corrected chi connectivity index (χ1v) is 7.64. The number of hydrogen-bond donors (Lipinski definition) is 1. The summed E-state index contributed by atoms with van der Waals surface area (Å²) in [4.78, 5) is 0.658. The summed E-state index contributed by atoms with van der Waals surface area (Å²) in [7, 11) is 0. The van der Waals surface area contributed by atoms with E-state index < -0.39 is 5.82 Å². The molecule has 1 heterocycles. The van der Waals surface area contributed by atoms with E-state index in [0.717, 1.165) is 17.7 Å². The second-order valence-corrected chi connectivity index (χ2v) is 6.16. The van der Waals surface area contributed by atoms with Gasteiger partial charge in [0.1, 0.15) is 11.6 Å². The molecule has 2 aromatic rings. The average Bonchev–Trinajstić information content (AvgIpc) is 2.43. The van der Waals surface area contributed by atoms with Gasteiger partial charge in [-0.3, -0.25) is 0 Å². The molecule has 0 aliphatic carbocycles. The monoisotopic (exact) mass is 311 g/mol. The minimum Gasteiger partial charge on any atom is -0.376 e. The van der Waals surface area contributed by atoms with E-state index in [1.165, 1.54) is 23.9 Å². The SMILES string of the molecule is Fc1cc(Cl)ccc1NC1CCSc2c(F)cccc21. The summed E-state index contributed by atoms with van der Waals surface area (Å²) in [6, 6.07) is 9.46. The molecular formula is C15H12ClF2NS. The van der Waals surface area contributed by atoms with Gasteiger partial charge in [0.25, 0.3) is 0 Å². The molecule has 0 spiro atoms. The molecule has 2 aromatic carbocycles. The Morgan fingerprint density at radius 3 is 2.80 bits per heavy atom. The van der Waals surface area contributed by atoms with Crippen molar-refractivity contribution in [2.24, 2.45) is 0 Å². The molecule has 0 radical (unpaired) electrons. The van der Waals surface area contributed by atoms with Gasteiger partial charge in [-0.2, -0.15) is 0 Å². The molecule has 0 fully saturated rings. The lowest BCUT2D eigenvalue weighted by Gasteiger charge is -2.27. The van der Waals surface area contributed by atoms with Crippen molar-refractivity contribution in [3.05, 3.63) is 58.6 Å². The third-order valence-electron chi connectivity index (χ3n) is 3.29. The van der Waals surface area contributed by atoms with E-state index in [-0.39, 0.29) is 11.9 Å². The number of rotatable bonds is 2. The first-order valence-electron chi connectivity index (χ1n) is 6.28. The van der Waals surface area contributed by atoms with Gasteiger partial charge in [-0.15, -0.1) is 11.8 Å². The second-order valence-electron chi connectivity index (χ2n) is 4.62. The molecule has 3 rings (SSSR count). The molecule has 0 saturated carbocycles. The van der Waals surface area contributed by atoms with Gasteiger partial charge in [0.2, 0.25) is 0 Å². The zero-order chi connectivity index (χ0) is 14.1. The van der Waals surface area contributed by atoms with E-state index in [1.807, 2.05) is 6.07 Å². The third-order valence-corrected chi connectivity index (χ3v) is 4.68. The van der Waals surface area contributed by atoms with Crippen LogP contribution in [0.4, 0.5) is 14.5 Å². The zero-order valence-electron chi connectivity index (χ0n) is 10.5. The van der Waals surface area contributed by atoms with Crippen LogP contribution >= 0.6 is 23.4 Å². The van der Waals surface area contributed by atoms with Crippen molar-refractivity contribution in [2.45, 2.75) is 17.4 Å². The first-order chi connectivity index (χ1) is 9.65. The van der Waals surface area contributed by atoms with Crippen molar-refractivity contribution < 1.29 is 8.78 Å². The molecule has 1 nitrogen and oxygen atoms in total. The van der Waals surface area contributed by atoms with Crippen molar-refractivity contribution in [1.82, 2.24) is 0 Å². The van der Waals surface area contributed by atoms with E-state index in [0.29, 0.717) is 15.6 Å². The van der Waals surface area contributed by atoms with Crippen LogP contribution in [0.1, 0.15) is 18.0 Å². The van der Waals surface area contributed by atoms with Crippen LogP contribution in [0, 0.1) is 11.6 Å². The maximum Gasteiger partial charge on any atom is 0.147 e. The molecule has 1 atom stereocenters. The highest BCUT2D eigenvalue weighted by molar-refractivity contribution is 7.99. The summed E-state index contributed by atoms with van der Waals surface area (Å²) < 4.78 is 27.6. The number of fused-ring (bicyclic) bond motifs is 1. The lowest BCUT2D eigenvalue weighted by atomic mass is 10.0. The van der Waals surface area contributed by atoms with Gasteiger partial charge in [0.05, 0.1) is 11.7 Å². The molecule has 20 heavy (non-hydrogen) atoms. The Labute approximate surface area is 125 Å². The summed E-state index contributed by atoms with van der Waals surface area (Å²) in [5.41, 5.74) is 1.28. The summed E-state index contributed by atoms with van der Waals surface area (Å²) in [5.74, 6) is 0.199. The summed E-state index contributed by atoms with van der Waals surface area (Å²) in [6.45, 7) is 0. The summed E-state index contributed by atoms with van der Waals surface area (Å²) in [6.07, 6.45) is 0.823. The molecule has 104 valence electrons. The first kappa shape index (κ1) is 13.7. The van der Waals surface area contributed by atoms with Gasteiger partial charge in [0, 0.05) is 15.7 Å². The van der Waals surface area contributed by atoms with Crippen LogP contribution in [0.5, 0.6) is 0 Å². The van der Waals surface area contributed by atoms with Crippen molar-refractivity contribution in [1.29, 1.82) is 0 Å². The van der Waals surface area contributed by atoms with Crippen molar-refractivity contribution in [3.8, 4) is 0 Å². The van der Waals surface area contributed by atoms with Gasteiger partial charge >= 0.3 is 0 Å². The predicted molar refractivity (Wildman–Crippen MR) is 79.5 cm³/mol. The van der Waals surface area contributed by atoms with Gasteiger partial charge in [-0.1, -0.05) is 23.7 Å². The van der Waals surface area contributed by atoms with Gasteiger partial charge in [0.15, 0.2) is 0 Å². The third kappa shape index (κ3) is 2.63. The van der Waals surface area contributed by atoms with E-state index in [2.05, 4.69) is 5.32 Å². The van der Waals surface area contributed by atoms with Crippen LogP contribution in [-0.2, 0) is 0 Å². The predicted octanol–water partition coefficient (Wildman–Crippen LogP) is 5.27. The zero-order valence-corrected chi connectivity index (χ0v) is 12.1. The number of thioether (sulfide) groups is 1. The van der Waals surface area contributed by atoms with E-state index in [4.69, 9.17) is 11.6 Å². The number of hydrogen-bond acceptors (Lipinski definition) is 2. The topological polar surface area (TPSA) is 12.0 Å². The van der Waals surface area contributed by atoms with Gasteiger partial charge in [-0.25, -0.2) is 8.78 Å². The highest BCUT2D eigenvalue weighted by Crippen LogP contribution is 2.39. The van der Waals surface area contributed by atoms with Gasteiger partial charge < -0.3 is 5.32 Å². The highest BCUT2D eigenvalue weighted by atomic mass is 35.5. The highest BCUT2D eigenvalue weighted by Gasteiger charge is 2.23. The fraction of sp³-hybridized carbons (Fsp3) is 0.200. The van der Waals surface area contributed by atoms with Crippen LogP contribution in [0.3, 0.4) is 0 Å². The number of benzene rings is 2. The Morgan fingerprint density at radius 1 is 1.15 bits per heavy atom. The van der Waals surface area contributed by atoms with E-state index >= 15 is 0 Å². The smallest absolute Gasteiger partial charge is 0.147 e. The minimum atomic E-state index is -0.395. The van der Waals surface area contributed by atoms with Gasteiger partial charge in [-0.05, 0) is 36.2 Å². The molecular weight excluding hydrogens is 300 g/mol. The lowest BCUT2D eigenvalue weighted by molar-refractivity contribution is 0.583. The van der Waals surface area contributed by atoms with Crippen molar-refractivity contribution >= 4 is 29.1 Å². The molecule has 1 aliphatic rings. The Kier molecular flexibility index (Phi) is 3.85. The lowest BCUT2D eigenvalue weighted by Crippen LogP contribution is -2.17. The second kappa shape index (κ2) is 5.62. The Hall–Kier alpha value is -1.26. The minimum absolute atomic E-state index is 0.0855. The fourth-order valence-electron chi connectivity index (χ4n) is 2.33. The summed E-state index contributed by atoms with van der Waals surface area (Å²) >= 11 is 7.25. The standard InChI is InChI=1S/C15H12ClF2NS/c16-9-4-5-14(12(18)8-9)19-13-6-7-20-15-10(13)2-1-3-11(15)17/h1-5,8,13,19H,6-7H2. The Balaban J connectivity index is 1.91. The Morgan fingerprint density at radius 2 is 2.00 bits per heavy atom. The number of anilines is 1. The maximum atomic E-state index is 13.8. The molecule has 1 aliphatic heterocycles. The normalized spacial score (nSPS) is 17.6. The van der Waals surface area contributed by atoms with E-state index in [1.54, 1.807) is 18.2 Å². The van der Waals surface area contributed by atoms with Crippen molar-refractivity contribution in [2.75, 3.05) is 11.1 Å². The molecule has 5 heteroatoms.